The summed E-state index contributed by atoms with van der Waals surface area (Å²) in [5.41, 5.74) is 2.11. The van der Waals surface area contributed by atoms with E-state index in [9.17, 15) is 9.90 Å². The van der Waals surface area contributed by atoms with Crippen LogP contribution in [0.15, 0.2) is 29.8 Å². The van der Waals surface area contributed by atoms with Crippen molar-refractivity contribution in [1.29, 1.82) is 0 Å². The SMILES string of the molecule is CC[C@H]1CCC[C@H](O[C@H]2CC[C@H](N(C)C)C(C)O2)[C@@H](C)C(=O)C2=C[C@H]3[C@@H]4C[C@H](O[C@H](O)[C@@H](OC)C(OC)[C@@H](OC)C(C)C)C[C@H]4[C@H]4[C@@H]([C@H]3[C@@H]2CC(=O)O1)N4c1cccc(F)c1C. The number of carbonyl (C=O) groups is 2. The highest BCUT2D eigenvalue weighted by Gasteiger charge is 2.69. The summed E-state index contributed by atoms with van der Waals surface area (Å²) in [5, 5.41) is 11.7. The number of hydrogen-bond acceptors (Lipinski definition) is 12. The predicted octanol–water partition coefficient (Wildman–Crippen LogP) is 6.87. The van der Waals surface area contributed by atoms with E-state index in [0.717, 1.165) is 24.9 Å². The zero-order valence-corrected chi connectivity index (χ0v) is 39.0. The Morgan fingerprint density at radius 2 is 1.66 bits per heavy atom. The van der Waals surface area contributed by atoms with Gasteiger partial charge in [-0.1, -0.05) is 39.8 Å². The van der Waals surface area contributed by atoms with E-state index in [1.807, 2.05) is 33.8 Å². The van der Waals surface area contributed by atoms with E-state index in [1.165, 1.54) is 6.07 Å². The van der Waals surface area contributed by atoms with Crippen LogP contribution in [-0.2, 0) is 42.7 Å². The van der Waals surface area contributed by atoms with Crippen molar-refractivity contribution in [1.82, 2.24) is 4.90 Å². The number of halogens is 1. The number of esters is 1. The van der Waals surface area contributed by atoms with Crippen LogP contribution in [0.3, 0.4) is 0 Å². The number of cyclic esters (lactones) is 1. The fourth-order valence-electron chi connectivity index (χ4n) is 12.7. The van der Waals surface area contributed by atoms with Crippen LogP contribution in [-0.4, -0.2) is 131 Å². The molecule has 2 saturated carbocycles. The van der Waals surface area contributed by atoms with Gasteiger partial charge in [-0.25, -0.2) is 4.39 Å². The van der Waals surface area contributed by atoms with Crippen molar-refractivity contribution in [2.45, 2.75) is 173 Å². The van der Waals surface area contributed by atoms with Gasteiger partial charge in [0.05, 0.1) is 42.9 Å². The van der Waals surface area contributed by atoms with Gasteiger partial charge in [0, 0.05) is 50.5 Å². The van der Waals surface area contributed by atoms with Crippen LogP contribution in [0.1, 0.15) is 98.0 Å². The van der Waals surface area contributed by atoms with E-state index in [-0.39, 0.29) is 102 Å². The van der Waals surface area contributed by atoms with Gasteiger partial charge in [-0.05, 0) is 127 Å². The Labute approximate surface area is 369 Å². The normalized spacial score (nSPS) is 38.2. The largest absolute Gasteiger partial charge is 0.462 e. The van der Waals surface area contributed by atoms with Gasteiger partial charge >= 0.3 is 5.97 Å². The van der Waals surface area contributed by atoms with Crippen molar-refractivity contribution in [2.24, 2.45) is 41.4 Å². The van der Waals surface area contributed by atoms with Crippen molar-refractivity contribution in [2.75, 3.05) is 40.3 Å². The molecule has 62 heavy (non-hydrogen) atoms. The number of fused-ring (bicyclic) bond motifs is 8. The summed E-state index contributed by atoms with van der Waals surface area (Å²) in [6.07, 6.45) is 3.74. The minimum absolute atomic E-state index is 0.0107. The van der Waals surface area contributed by atoms with Crippen molar-refractivity contribution in [3.05, 3.63) is 41.2 Å². The standard InChI is InChI=1S/C49H75FN2O10/c1-12-29-15-13-18-39(62-41-20-19-38(51(7)8)28(6)59-41)27(5)45(54)35-23-32-31-21-30(61-49(55)48(58-11)47(57-10)46(56-9)25(2)3)22-34(31)43-44(42(32)33(35)24-40(53)60-29)52(43)37-17-14-16-36(50)26(37)4/h14,16-17,23,25,27-34,38-39,41-44,46-49,55H,12-13,15,18-22,24H2,1-11H3/t27-,28?,29+,30+,31+,32+,33-,34-,38+,39+,41+,42-,43+,44-,46+,47?,48+,49+,52?/m1/s1. The third-order valence-electron chi connectivity index (χ3n) is 15.8. The molecule has 1 aromatic carbocycles. The van der Waals surface area contributed by atoms with Gasteiger partial charge in [-0.3, -0.25) is 9.59 Å². The van der Waals surface area contributed by atoms with Gasteiger partial charge in [0.25, 0.3) is 0 Å². The molecule has 0 amide bonds. The molecule has 3 saturated heterocycles. The molecule has 3 aliphatic carbocycles. The highest BCUT2D eigenvalue weighted by Crippen LogP contribution is 2.65. The molecule has 2 unspecified atom stereocenters. The minimum atomic E-state index is -1.29. The van der Waals surface area contributed by atoms with E-state index in [0.29, 0.717) is 49.3 Å². The first-order valence-electron chi connectivity index (χ1n) is 23.5. The fourth-order valence-corrected chi connectivity index (χ4v) is 12.7. The highest BCUT2D eigenvalue weighted by molar-refractivity contribution is 5.99. The molecule has 5 fully saturated rings. The molecule has 6 aliphatic rings. The summed E-state index contributed by atoms with van der Waals surface area (Å²) in [6.45, 7) is 12.0. The molecular weight excluding hydrogens is 796 g/mol. The molecule has 18 atom stereocenters. The average Bonchev–Trinajstić information content (AvgIpc) is 3.62. The molecule has 0 spiro atoms. The summed E-state index contributed by atoms with van der Waals surface area (Å²) < 4.78 is 58.8. The Balaban J connectivity index is 1.21. The molecule has 1 aromatic rings. The number of ketones is 1. The number of aliphatic hydroxyl groups is 1. The van der Waals surface area contributed by atoms with Gasteiger partial charge in [-0.2, -0.15) is 0 Å². The minimum Gasteiger partial charge on any atom is -0.462 e. The fraction of sp³-hybridized carbons (Fsp3) is 0.796. The Morgan fingerprint density at radius 3 is 2.31 bits per heavy atom. The summed E-state index contributed by atoms with van der Waals surface area (Å²) in [5.74, 6) is -1.19. The van der Waals surface area contributed by atoms with E-state index in [2.05, 4.69) is 43.8 Å². The first kappa shape index (κ1) is 47.5. The number of nitrogens with zero attached hydrogens (tertiary/aromatic N) is 2. The van der Waals surface area contributed by atoms with Crippen LogP contribution in [0, 0.1) is 54.2 Å². The maximum absolute atomic E-state index is 15.3. The van der Waals surface area contributed by atoms with Gasteiger partial charge in [0.2, 0.25) is 0 Å². The second-order valence-electron chi connectivity index (χ2n) is 19.8. The van der Waals surface area contributed by atoms with E-state index in [1.54, 1.807) is 27.4 Å². The van der Waals surface area contributed by atoms with Crippen molar-refractivity contribution < 1.29 is 52.2 Å². The van der Waals surface area contributed by atoms with Gasteiger partial charge < -0.3 is 48.1 Å². The average molecular weight is 871 g/mol. The van der Waals surface area contributed by atoms with Gasteiger partial charge in [0.1, 0.15) is 24.1 Å². The number of anilines is 1. The number of aliphatic hydroxyl groups excluding tert-OH is 1. The quantitative estimate of drug-likeness (QED) is 0.119. The Morgan fingerprint density at radius 1 is 0.952 bits per heavy atom. The van der Waals surface area contributed by atoms with E-state index < -0.39 is 30.7 Å². The Kier molecular flexibility index (Phi) is 15.3. The van der Waals surface area contributed by atoms with E-state index >= 15 is 9.18 Å². The number of hydrogen-bond donors (Lipinski definition) is 1. The number of ether oxygens (including phenoxy) is 7. The molecule has 0 bridgehead atoms. The number of carbonyl (C=O) groups excluding carboxylic acids is 2. The number of Topliss-reactive ketones (excluding diaryl/α,β-unsaturated/α-hetero) is 1. The maximum Gasteiger partial charge on any atom is 0.306 e. The third-order valence-corrected chi connectivity index (χ3v) is 15.8. The lowest BCUT2D eigenvalue weighted by atomic mass is 9.66. The molecule has 0 radical (unpaired) electrons. The molecular formula is C49H75FN2O10. The predicted molar refractivity (Wildman–Crippen MR) is 233 cm³/mol. The molecule has 1 N–H and O–H groups in total. The summed E-state index contributed by atoms with van der Waals surface area (Å²) in [6, 6.07) is 5.55. The van der Waals surface area contributed by atoms with Crippen LogP contribution >= 0.6 is 0 Å². The summed E-state index contributed by atoms with van der Waals surface area (Å²) >= 11 is 0. The lowest BCUT2D eigenvalue weighted by Gasteiger charge is -2.40. The molecule has 3 heterocycles. The highest BCUT2D eigenvalue weighted by atomic mass is 19.1. The van der Waals surface area contributed by atoms with E-state index in [4.69, 9.17) is 33.2 Å². The van der Waals surface area contributed by atoms with Crippen LogP contribution in [0.5, 0.6) is 0 Å². The Hall–Kier alpha value is -2.49. The Bertz CT molecular complexity index is 1740. The lowest BCUT2D eigenvalue weighted by molar-refractivity contribution is -0.236. The molecule has 0 aromatic heterocycles. The smallest absolute Gasteiger partial charge is 0.306 e. The topological polar surface area (TPSA) is 125 Å². The first-order valence-corrected chi connectivity index (χ1v) is 23.5. The molecule has 13 heteroatoms. The molecule has 3 aliphatic heterocycles. The second-order valence-corrected chi connectivity index (χ2v) is 19.8. The van der Waals surface area contributed by atoms with Crippen LogP contribution in [0.25, 0.3) is 0 Å². The van der Waals surface area contributed by atoms with Crippen LogP contribution in [0.4, 0.5) is 10.1 Å². The second kappa shape index (κ2) is 19.9. The van der Waals surface area contributed by atoms with Crippen molar-refractivity contribution >= 4 is 17.4 Å². The molecule has 348 valence electrons. The maximum atomic E-state index is 15.3. The summed E-state index contributed by atoms with van der Waals surface area (Å²) in [7, 11) is 8.91. The lowest BCUT2D eigenvalue weighted by Crippen LogP contribution is -2.50. The van der Waals surface area contributed by atoms with Crippen LogP contribution < -0.4 is 4.90 Å². The summed E-state index contributed by atoms with van der Waals surface area (Å²) in [4.78, 5) is 33.7. The van der Waals surface area contributed by atoms with Gasteiger partial charge in [0.15, 0.2) is 18.4 Å². The number of rotatable bonds is 14. The molecule has 12 nitrogen and oxygen atoms in total. The molecule has 7 rings (SSSR count). The number of methoxy groups -OCH3 is 3. The number of allylic oxidation sites excluding steroid dienone is 2. The first-order chi connectivity index (χ1) is 29.6. The number of likely N-dealkylation sites (N-methyl/N-ethyl adjacent to an activating group) is 1. The number of benzene rings is 1. The zero-order chi connectivity index (χ0) is 44.7. The zero-order valence-electron chi connectivity index (χ0n) is 39.0. The van der Waals surface area contributed by atoms with Crippen molar-refractivity contribution in [3.8, 4) is 0 Å². The third kappa shape index (κ3) is 9.30. The van der Waals surface area contributed by atoms with Crippen molar-refractivity contribution in [3.63, 3.8) is 0 Å². The van der Waals surface area contributed by atoms with Gasteiger partial charge in [-0.15, -0.1) is 0 Å². The van der Waals surface area contributed by atoms with Crippen LogP contribution in [0.2, 0.25) is 0 Å². The monoisotopic (exact) mass is 871 g/mol.